The number of thioether (sulfide) groups is 1. The van der Waals surface area contributed by atoms with Gasteiger partial charge in [-0.05, 0) is 34.4 Å². The summed E-state index contributed by atoms with van der Waals surface area (Å²) in [6.07, 6.45) is 0. The van der Waals surface area contributed by atoms with Crippen LogP contribution in [0.25, 0.3) is 11.4 Å². The molecule has 5 aromatic carbocycles. The first-order chi connectivity index (χ1) is 21.5. The SMILES string of the molecule is O=C(O)c1ccccc1C(Sc1nc(-c2ccccc2)nn1C(c1ccccc1)c1ccccc1C(=O)O)c1ccccc1. The monoisotopic (exact) mass is 597 g/mol. The zero-order chi connectivity index (χ0) is 30.5. The lowest BCUT2D eigenvalue weighted by Gasteiger charge is -2.24. The van der Waals surface area contributed by atoms with E-state index in [1.54, 1.807) is 35.0 Å². The van der Waals surface area contributed by atoms with Crippen LogP contribution in [0.1, 0.15) is 54.3 Å². The van der Waals surface area contributed by atoms with Crippen LogP contribution in [0.5, 0.6) is 0 Å². The van der Waals surface area contributed by atoms with Crippen LogP contribution < -0.4 is 0 Å². The van der Waals surface area contributed by atoms with E-state index < -0.39 is 23.2 Å². The molecule has 1 aromatic heterocycles. The van der Waals surface area contributed by atoms with Crippen LogP contribution in [0.2, 0.25) is 0 Å². The molecular formula is C36H27N3O4S. The van der Waals surface area contributed by atoms with Crippen LogP contribution in [-0.4, -0.2) is 36.9 Å². The number of aromatic carboxylic acids is 2. The van der Waals surface area contributed by atoms with Crippen molar-refractivity contribution in [3.63, 3.8) is 0 Å². The summed E-state index contributed by atoms with van der Waals surface area (Å²) in [5.41, 5.74) is 4.05. The lowest BCUT2D eigenvalue weighted by molar-refractivity contribution is 0.0684. The van der Waals surface area contributed by atoms with Gasteiger partial charge in [0.25, 0.3) is 0 Å². The van der Waals surface area contributed by atoms with Crippen molar-refractivity contribution in [3.05, 3.63) is 173 Å². The van der Waals surface area contributed by atoms with Gasteiger partial charge in [-0.1, -0.05) is 139 Å². The van der Waals surface area contributed by atoms with E-state index in [2.05, 4.69) is 0 Å². The summed E-state index contributed by atoms with van der Waals surface area (Å²) in [6.45, 7) is 0. The van der Waals surface area contributed by atoms with Gasteiger partial charge in [0.1, 0.15) is 6.04 Å². The normalized spacial score (nSPS) is 12.4. The third kappa shape index (κ3) is 5.88. The Balaban J connectivity index is 1.60. The third-order valence-electron chi connectivity index (χ3n) is 7.28. The molecule has 44 heavy (non-hydrogen) atoms. The predicted molar refractivity (Wildman–Crippen MR) is 170 cm³/mol. The van der Waals surface area contributed by atoms with E-state index in [-0.39, 0.29) is 11.1 Å². The van der Waals surface area contributed by atoms with E-state index in [1.165, 1.54) is 11.8 Å². The highest BCUT2D eigenvalue weighted by Gasteiger charge is 2.30. The van der Waals surface area contributed by atoms with Crippen molar-refractivity contribution in [3.8, 4) is 11.4 Å². The second kappa shape index (κ2) is 12.8. The van der Waals surface area contributed by atoms with Crippen LogP contribution in [0.4, 0.5) is 0 Å². The fraction of sp³-hybridized carbons (Fsp3) is 0.0556. The van der Waals surface area contributed by atoms with Gasteiger partial charge in [0.2, 0.25) is 0 Å². The molecule has 6 aromatic rings. The van der Waals surface area contributed by atoms with Gasteiger partial charge in [-0.15, -0.1) is 5.10 Å². The summed E-state index contributed by atoms with van der Waals surface area (Å²) >= 11 is 1.38. The van der Waals surface area contributed by atoms with Crippen LogP contribution in [-0.2, 0) is 0 Å². The van der Waals surface area contributed by atoms with E-state index in [9.17, 15) is 19.8 Å². The van der Waals surface area contributed by atoms with Crippen molar-refractivity contribution in [2.45, 2.75) is 16.4 Å². The maximum Gasteiger partial charge on any atom is 0.336 e. The van der Waals surface area contributed by atoms with Gasteiger partial charge in [-0.3, -0.25) is 0 Å². The lowest BCUT2D eigenvalue weighted by Crippen LogP contribution is -2.19. The molecule has 0 saturated heterocycles. The average molecular weight is 598 g/mol. The van der Waals surface area contributed by atoms with Crippen molar-refractivity contribution in [2.75, 3.05) is 0 Å². The molecule has 0 bridgehead atoms. The first-order valence-corrected chi connectivity index (χ1v) is 14.8. The number of aromatic nitrogens is 3. The molecule has 2 atom stereocenters. The molecule has 0 saturated carbocycles. The molecular weight excluding hydrogens is 570 g/mol. The molecule has 6 rings (SSSR count). The predicted octanol–water partition coefficient (Wildman–Crippen LogP) is 7.86. The molecule has 1 heterocycles. The zero-order valence-electron chi connectivity index (χ0n) is 23.4. The number of hydrogen-bond donors (Lipinski definition) is 2. The number of carboxylic acid groups (broad SMARTS) is 2. The van der Waals surface area contributed by atoms with Gasteiger partial charge in [0.05, 0.1) is 16.4 Å². The average Bonchev–Trinajstić information content (AvgIpc) is 3.48. The van der Waals surface area contributed by atoms with Crippen LogP contribution in [0.15, 0.2) is 145 Å². The Morgan fingerprint density at radius 2 is 1.07 bits per heavy atom. The standard InChI is InChI=1S/C36H27N3O4S/c40-34(41)29-22-12-10-20-27(29)31(24-14-4-1-5-15-24)39-36(37-33(38-39)26-18-8-3-9-19-26)44-32(25-16-6-2-7-17-25)28-21-11-13-23-30(28)35(42)43/h1-23,31-32H,(H,40,41)(H,42,43). The van der Waals surface area contributed by atoms with Crippen LogP contribution in [0, 0.1) is 0 Å². The van der Waals surface area contributed by atoms with Gasteiger partial charge in [-0.25, -0.2) is 19.3 Å². The Bertz CT molecular complexity index is 1910. The maximum absolute atomic E-state index is 12.4. The first kappa shape index (κ1) is 28.6. The van der Waals surface area contributed by atoms with Crippen molar-refractivity contribution < 1.29 is 19.8 Å². The van der Waals surface area contributed by atoms with Gasteiger partial charge in [0.15, 0.2) is 11.0 Å². The fourth-order valence-corrected chi connectivity index (χ4v) is 6.48. The molecule has 2 unspecified atom stereocenters. The topological polar surface area (TPSA) is 105 Å². The summed E-state index contributed by atoms with van der Waals surface area (Å²) < 4.78 is 1.77. The lowest BCUT2D eigenvalue weighted by atomic mass is 9.94. The Kier molecular flexibility index (Phi) is 8.34. The maximum atomic E-state index is 12.4. The second-order valence-corrected chi connectivity index (χ2v) is 11.1. The Hall–Kier alpha value is -5.47. The van der Waals surface area contributed by atoms with Gasteiger partial charge < -0.3 is 10.2 Å². The number of nitrogens with zero attached hydrogens (tertiary/aromatic N) is 3. The molecule has 0 fully saturated rings. The Morgan fingerprint density at radius 1 is 0.591 bits per heavy atom. The zero-order valence-corrected chi connectivity index (χ0v) is 24.2. The van der Waals surface area contributed by atoms with E-state index in [0.29, 0.717) is 22.1 Å². The molecule has 0 spiro atoms. The van der Waals surface area contributed by atoms with Gasteiger partial charge in [0, 0.05) is 5.56 Å². The minimum atomic E-state index is -1.04. The molecule has 0 aliphatic rings. The largest absolute Gasteiger partial charge is 0.478 e. The molecule has 7 nitrogen and oxygen atoms in total. The summed E-state index contributed by atoms with van der Waals surface area (Å²) in [5, 5.41) is 25.3. The van der Waals surface area contributed by atoms with Crippen molar-refractivity contribution >= 4 is 23.7 Å². The summed E-state index contributed by atoms with van der Waals surface area (Å²) in [7, 11) is 0. The fourth-order valence-electron chi connectivity index (χ4n) is 5.25. The molecule has 2 N–H and O–H groups in total. The number of carboxylic acids is 2. The van der Waals surface area contributed by atoms with Gasteiger partial charge >= 0.3 is 11.9 Å². The van der Waals surface area contributed by atoms with E-state index in [0.717, 1.165) is 16.7 Å². The van der Waals surface area contributed by atoms with Gasteiger partial charge in [-0.2, -0.15) is 0 Å². The Morgan fingerprint density at radius 3 is 1.66 bits per heavy atom. The van der Waals surface area contributed by atoms with E-state index in [1.807, 2.05) is 109 Å². The summed E-state index contributed by atoms with van der Waals surface area (Å²) in [4.78, 5) is 29.8. The first-order valence-electron chi connectivity index (χ1n) is 13.9. The molecule has 216 valence electrons. The third-order valence-corrected chi connectivity index (χ3v) is 8.53. The molecule has 0 aliphatic heterocycles. The number of carbonyl (C=O) groups is 2. The highest BCUT2D eigenvalue weighted by Crippen LogP contribution is 2.44. The van der Waals surface area contributed by atoms with Crippen LogP contribution in [0.3, 0.4) is 0 Å². The molecule has 0 radical (unpaired) electrons. The van der Waals surface area contributed by atoms with Crippen molar-refractivity contribution in [2.24, 2.45) is 0 Å². The van der Waals surface area contributed by atoms with Crippen molar-refractivity contribution in [1.82, 2.24) is 14.8 Å². The number of benzene rings is 5. The quantitative estimate of drug-likeness (QED) is 0.155. The van der Waals surface area contributed by atoms with E-state index >= 15 is 0 Å². The minimum Gasteiger partial charge on any atom is -0.478 e. The van der Waals surface area contributed by atoms with Crippen molar-refractivity contribution in [1.29, 1.82) is 0 Å². The van der Waals surface area contributed by atoms with E-state index in [4.69, 9.17) is 10.1 Å². The Labute approximate surface area is 258 Å². The summed E-state index contributed by atoms with van der Waals surface area (Å²) in [6, 6.07) is 42.1. The highest BCUT2D eigenvalue weighted by molar-refractivity contribution is 7.99. The highest BCUT2D eigenvalue weighted by atomic mass is 32.2. The molecule has 0 amide bonds. The van der Waals surface area contributed by atoms with Crippen LogP contribution >= 0.6 is 11.8 Å². The molecule has 8 heteroatoms. The smallest absolute Gasteiger partial charge is 0.336 e. The number of rotatable bonds is 10. The minimum absolute atomic E-state index is 0.157. The summed E-state index contributed by atoms with van der Waals surface area (Å²) in [5.74, 6) is -1.59. The number of hydrogen-bond acceptors (Lipinski definition) is 5. The second-order valence-electron chi connectivity index (χ2n) is 10.0. The molecule has 0 aliphatic carbocycles.